The average molecular weight is 325 g/mol. The second kappa shape index (κ2) is 5.75. The first kappa shape index (κ1) is 15.9. The van der Waals surface area contributed by atoms with Crippen molar-refractivity contribution in [3.8, 4) is 0 Å². The Labute approximate surface area is 127 Å². The molecule has 0 aromatic carbocycles. The molecule has 2 aromatic rings. The first-order valence-corrected chi connectivity index (χ1v) is 6.05. The third-order valence-electron chi connectivity index (χ3n) is 2.87. The molecule has 0 aliphatic carbocycles. The summed E-state index contributed by atoms with van der Waals surface area (Å²) in [5, 5.41) is 27.1. The van der Waals surface area contributed by atoms with Crippen LogP contribution in [0.3, 0.4) is 0 Å². The van der Waals surface area contributed by atoms with Crippen molar-refractivity contribution in [3.63, 3.8) is 0 Å². The zero-order valence-corrected chi connectivity index (χ0v) is 11.4. The molecule has 23 heavy (non-hydrogen) atoms. The number of hydrogen-bond donors (Lipinski definition) is 4. The van der Waals surface area contributed by atoms with E-state index in [4.69, 9.17) is 20.8 Å². The van der Waals surface area contributed by atoms with E-state index in [0.717, 1.165) is 17.4 Å². The molecule has 0 atom stereocenters. The minimum atomic E-state index is -2.55. The lowest BCUT2D eigenvalue weighted by Crippen LogP contribution is -2.51. The monoisotopic (exact) mass is 325 g/mol. The quantitative estimate of drug-likeness (QED) is 0.468. The lowest BCUT2D eigenvalue weighted by atomic mass is 9.96. The van der Waals surface area contributed by atoms with Crippen LogP contribution < -0.4 is 10.6 Å². The molecule has 122 valence electrons. The molecule has 0 unspecified atom stereocenters. The van der Waals surface area contributed by atoms with Gasteiger partial charge in [0.25, 0.3) is 5.60 Å². The second-order valence-corrected chi connectivity index (χ2v) is 4.53. The first-order chi connectivity index (χ1) is 10.7. The minimum absolute atomic E-state index is 0.00487. The number of nitrogens with zero attached hydrogens (tertiary/aromatic N) is 4. The maximum atomic E-state index is 11.5. The van der Waals surface area contributed by atoms with Crippen LogP contribution in [0.15, 0.2) is 12.7 Å². The van der Waals surface area contributed by atoms with Crippen molar-refractivity contribution in [1.82, 2.24) is 19.7 Å². The SMILES string of the molecule is Nc1ncnc2c1ncn2OC(CC(=O)O)(CC(=O)O)C(=O)O. The molecule has 2 rings (SSSR count). The largest absolute Gasteiger partial charge is 0.481 e. The predicted octanol–water partition coefficient (Wildman–Crippen LogP) is -1.39. The van der Waals surface area contributed by atoms with E-state index >= 15 is 0 Å². The van der Waals surface area contributed by atoms with Gasteiger partial charge in [-0.3, -0.25) is 9.59 Å². The fourth-order valence-corrected chi connectivity index (χ4v) is 1.89. The van der Waals surface area contributed by atoms with Crippen molar-refractivity contribution in [2.24, 2.45) is 0 Å². The Hall–Kier alpha value is -3.44. The second-order valence-electron chi connectivity index (χ2n) is 4.53. The molecule has 5 N–H and O–H groups in total. The highest BCUT2D eigenvalue weighted by molar-refractivity contribution is 5.88. The van der Waals surface area contributed by atoms with Crippen molar-refractivity contribution >= 4 is 34.9 Å². The Balaban J connectivity index is 2.50. The lowest BCUT2D eigenvalue weighted by molar-refractivity contribution is -0.178. The summed E-state index contributed by atoms with van der Waals surface area (Å²) in [6.07, 6.45) is -0.114. The highest BCUT2D eigenvalue weighted by Gasteiger charge is 2.47. The molecule has 2 heterocycles. The van der Waals surface area contributed by atoms with Gasteiger partial charge >= 0.3 is 17.9 Å². The molecule has 0 aliphatic heterocycles. The smallest absolute Gasteiger partial charge is 0.352 e. The first-order valence-electron chi connectivity index (χ1n) is 6.05. The Morgan fingerprint density at radius 3 is 2.26 bits per heavy atom. The van der Waals surface area contributed by atoms with Crippen LogP contribution in [0.4, 0.5) is 5.82 Å². The third kappa shape index (κ3) is 3.09. The van der Waals surface area contributed by atoms with Gasteiger partial charge in [0, 0.05) is 0 Å². The van der Waals surface area contributed by atoms with Crippen LogP contribution >= 0.6 is 0 Å². The van der Waals surface area contributed by atoms with Crippen LogP contribution in [0.1, 0.15) is 12.8 Å². The predicted molar refractivity (Wildman–Crippen MR) is 71.2 cm³/mol. The summed E-state index contributed by atoms with van der Waals surface area (Å²) in [6, 6.07) is 0. The number of carboxylic acid groups (broad SMARTS) is 3. The highest BCUT2D eigenvalue weighted by Crippen LogP contribution is 2.22. The lowest BCUT2D eigenvalue weighted by Gasteiger charge is -2.26. The number of carbonyl (C=O) groups is 3. The van der Waals surface area contributed by atoms with Gasteiger partial charge in [-0.2, -0.15) is 4.73 Å². The topological polar surface area (TPSA) is 191 Å². The van der Waals surface area contributed by atoms with Gasteiger partial charge in [0.2, 0.25) is 5.65 Å². The molecule has 0 bridgehead atoms. The van der Waals surface area contributed by atoms with E-state index in [1.165, 1.54) is 0 Å². The van der Waals surface area contributed by atoms with Crippen LogP contribution in [0.2, 0.25) is 0 Å². The minimum Gasteiger partial charge on any atom is -0.481 e. The van der Waals surface area contributed by atoms with Crippen LogP contribution in [0, 0.1) is 0 Å². The summed E-state index contributed by atoms with van der Waals surface area (Å²) < 4.78 is 0.757. The molecule has 0 radical (unpaired) electrons. The summed E-state index contributed by atoms with van der Waals surface area (Å²) in [7, 11) is 0. The average Bonchev–Trinajstić information content (AvgIpc) is 2.81. The molecule has 0 aliphatic rings. The highest BCUT2D eigenvalue weighted by atomic mass is 16.7. The van der Waals surface area contributed by atoms with E-state index in [2.05, 4.69) is 15.0 Å². The molecule has 0 fully saturated rings. The van der Waals surface area contributed by atoms with E-state index in [1.54, 1.807) is 0 Å². The van der Waals surface area contributed by atoms with Gasteiger partial charge in [-0.1, -0.05) is 0 Å². The van der Waals surface area contributed by atoms with Crippen LogP contribution in [0.25, 0.3) is 11.2 Å². The normalized spacial score (nSPS) is 11.3. The van der Waals surface area contributed by atoms with Gasteiger partial charge in [0.1, 0.15) is 12.7 Å². The molecular formula is C11H11N5O7. The maximum Gasteiger partial charge on any atom is 0.352 e. The Morgan fingerprint density at radius 2 is 1.74 bits per heavy atom. The molecule has 0 amide bonds. The number of carboxylic acids is 3. The zero-order valence-electron chi connectivity index (χ0n) is 11.4. The summed E-state index contributed by atoms with van der Waals surface area (Å²) >= 11 is 0. The van der Waals surface area contributed by atoms with Gasteiger partial charge < -0.3 is 25.9 Å². The number of imidazole rings is 1. The van der Waals surface area contributed by atoms with Crippen LogP contribution in [0.5, 0.6) is 0 Å². The maximum absolute atomic E-state index is 11.5. The molecule has 12 nitrogen and oxygen atoms in total. The number of rotatable bonds is 7. The van der Waals surface area contributed by atoms with Crippen molar-refractivity contribution in [2.45, 2.75) is 18.4 Å². The number of hydrogen-bond acceptors (Lipinski definition) is 8. The fraction of sp³-hybridized carbons (Fsp3) is 0.273. The van der Waals surface area contributed by atoms with E-state index in [9.17, 15) is 19.5 Å². The van der Waals surface area contributed by atoms with Gasteiger partial charge in [0.05, 0.1) is 12.8 Å². The van der Waals surface area contributed by atoms with Gasteiger partial charge in [0.15, 0.2) is 11.3 Å². The fourth-order valence-electron chi connectivity index (χ4n) is 1.89. The van der Waals surface area contributed by atoms with Gasteiger partial charge in [-0.15, -0.1) is 0 Å². The van der Waals surface area contributed by atoms with E-state index in [-0.39, 0.29) is 17.0 Å². The summed E-state index contributed by atoms with van der Waals surface area (Å²) in [5.74, 6) is -4.86. The van der Waals surface area contributed by atoms with Crippen molar-refractivity contribution in [1.29, 1.82) is 0 Å². The Morgan fingerprint density at radius 1 is 1.13 bits per heavy atom. The number of anilines is 1. The van der Waals surface area contributed by atoms with Crippen LogP contribution in [-0.4, -0.2) is 58.5 Å². The molecule has 2 aromatic heterocycles. The Kier molecular flexibility index (Phi) is 3.98. The van der Waals surface area contributed by atoms with E-state index in [0.29, 0.717) is 0 Å². The van der Waals surface area contributed by atoms with Crippen molar-refractivity contribution in [3.05, 3.63) is 12.7 Å². The molecule has 0 saturated heterocycles. The Bertz CT molecular complexity index is 770. The van der Waals surface area contributed by atoms with E-state index < -0.39 is 36.4 Å². The summed E-state index contributed by atoms with van der Waals surface area (Å²) in [4.78, 5) is 49.8. The number of nitrogens with two attached hydrogens (primary N) is 1. The number of fused-ring (bicyclic) bond motifs is 1. The van der Waals surface area contributed by atoms with Crippen molar-refractivity contribution < 1.29 is 34.5 Å². The summed E-state index contributed by atoms with van der Waals surface area (Å²) in [5.41, 5.74) is 3.08. The molecule has 0 spiro atoms. The van der Waals surface area contributed by atoms with E-state index in [1.807, 2.05) is 0 Å². The number of nitrogen functional groups attached to an aromatic ring is 1. The molecular weight excluding hydrogens is 314 g/mol. The summed E-state index contributed by atoms with van der Waals surface area (Å²) in [6.45, 7) is 0. The number of aliphatic carboxylic acids is 3. The van der Waals surface area contributed by atoms with Crippen LogP contribution in [-0.2, 0) is 14.4 Å². The van der Waals surface area contributed by atoms with Crippen molar-refractivity contribution in [2.75, 3.05) is 5.73 Å². The molecule has 12 heteroatoms. The zero-order chi connectivity index (χ0) is 17.2. The molecule has 0 saturated carbocycles. The van der Waals surface area contributed by atoms with Gasteiger partial charge in [-0.25, -0.2) is 19.7 Å². The van der Waals surface area contributed by atoms with Gasteiger partial charge in [-0.05, 0) is 0 Å². The number of aromatic nitrogens is 4. The standard InChI is InChI=1S/C11H11N5O7/c12-8-7-9(14-3-13-8)16(4-15-7)23-11(10(21)22,1-5(17)18)2-6(19)20/h3-4H,1-2H2,(H,17,18)(H,19,20)(H,21,22)(H2,12,13,14). The third-order valence-corrected chi connectivity index (χ3v) is 2.87.